The lowest BCUT2D eigenvalue weighted by Gasteiger charge is -2.18. The van der Waals surface area contributed by atoms with Crippen LogP contribution in [0.2, 0.25) is 0 Å². The molecule has 0 spiro atoms. The Morgan fingerprint density at radius 3 is 2.67 bits per heavy atom. The number of aldehydes is 2. The molecule has 0 aromatic heterocycles. The van der Waals surface area contributed by atoms with Gasteiger partial charge < -0.3 is 9.90 Å². The van der Waals surface area contributed by atoms with Crippen LogP contribution in [0.5, 0.6) is 0 Å². The monoisotopic (exact) mass is 250 g/mol. The number of carbonyl (C=O) groups excluding carboxylic acids is 2. The van der Waals surface area contributed by atoms with Crippen molar-refractivity contribution in [2.45, 2.75) is 39.5 Å². The van der Waals surface area contributed by atoms with Crippen LogP contribution in [0.1, 0.15) is 39.5 Å². The molecule has 0 heterocycles. The molecule has 0 bridgehead atoms. The summed E-state index contributed by atoms with van der Waals surface area (Å²) in [5.74, 6) is -0.0995. The maximum absolute atomic E-state index is 11.2. The summed E-state index contributed by atoms with van der Waals surface area (Å²) in [4.78, 5) is 22.3. The third-order valence-corrected chi connectivity index (χ3v) is 3.63. The fraction of sp³-hybridized carbons (Fsp3) is 0.600. The second-order valence-electron chi connectivity index (χ2n) is 5.14. The molecular formula is C15H22O3. The quantitative estimate of drug-likeness (QED) is 0.558. The minimum atomic E-state index is -0.107. The van der Waals surface area contributed by atoms with Gasteiger partial charge >= 0.3 is 0 Å². The number of allylic oxidation sites excluding steroid dienone is 3. The van der Waals surface area contributed by atoms with Gasteiger partial charge in [-0.2, -0.15) is 0 Å². The SMILES string of the molecule is CC(C)=CCCC(C=O)C1CCC(CO)=C1C=O. The number of rotatable bonds is 7. The maximum atomic E-state index is 11.2. The van der Waals surface area contributed by atoms with Crippen molar-refractivity contribution in [3.8, 4) is 0 Å². The van der Waals surface area contributed by atoms with Crippen LogP contribution >= 0.6 is 0 Å². The van der Waals surface area contributed by atoms with E-state index in [-0.39, 0.29) is 18.4 Å². The molecule has 1 N–H and O–H groups in total. The zero-order valence-electron chi connectivity index (χ0n) is 11.2. The van der Waals surface area contributed by atoms with Crippen molar-refractivity contribution in [2.75, 3.05) is 6.61 Å². The Balaban J connectivity index is 2.71. The second-order valence-corrected chi connectivity index (χ2v) is 5.14. The van der Waals surface area contributed by atoms with Gasteiger partial charge in [-0.1, -0.05) is 11.6 Å². The molecule has 0 radical (unpaired) electrons. The minimum absolute atomic E-state index is 0.00714. The fourth-order valence-corrected chi connectivity index (χ4v) is 2.61. The van der Waals surface area contributed by atoms with Gasteiger partial charge in [0.2, 0.25) is 0 Å². The van der Waals surface area contributed by atoms with E-state index in [1.54, 1.807) is 0 Å². The molecule has 0 amide bonds. The van der Waals surface area contributed by atoms with Crippen LogP contribution < -0.4 is 0 Å². The number of aliphatic hydroxyl groups is 1. The molecule has 0 aliphatic heterocycles. The van der Waals surface area contributed by atoms with E-state index in [1.165, 1.54) is 5.57 Å². The summed E-state index contributed by atoms with van der Waals surface area (Å²) in [5, 5.41) is 9.17. The van der Waals surface area contributed by atoms with Gasteiger partial charge in [-0.15, -0.1) is 0 Å². The highest BCUT2D eigenvalue weighted by Crippen LogP contribution is 2.36. The first-order valence-corrected chi connectivity index (χ1v) is 6.50. The third kappa shape index (κ3) is 3.64. The first-order valence-electron chi connectivity index (χ1n) is 6.50. The maximum Gasteiger partial charge on any atom is 0.146 e. The average molecular weight is 250 g/mol. The molecule has 3 heteroatoms. The summed E-state index contributed by atoms with van der Waals surface area (Å²) in [6.45, 7) is 4.00. The fourth-order valence-electron chi connectivity index (χ4n) is 2.61. The van der Waals surface area contributed by atoms with Crippen molar-refractivity contribution in [1.29, 1.82) is 0 Å². The largest absolute Gasteiger partial charge is 0.392 e. The Labute approximate surface area is 109 Å². The van der Waals surface area contributed by atoms with Crippen molar-refractivity contribution in [3.63, 3.8) is 0 Å². The molecular weight excluding hydrogens is 228 g/mol. The number of carbonyl (C=O) groups is 2. The second kappa shape index (κ2) is 7.27. The van der Waals surface area contributed by atoms with Crippen molar-refractivity contribution in [1.82, 2.24) is 0 Å². The lowest BCUT2D eigenvalue weighted by molar-refractivity contribution is -0.112. The molecule has 0 fully saturated rings. The van der Waals surface area contributed by atoms with Crippen LogP contribution in [-0.2, 0) is 9.59 Å². The molecule has 0 aromatic rings. The van der Waals surface area contributed by atoms with E-state index in [0.29, 0.717) is 5.57 Å². The van der Waals surface area contributed by atoms with Gasteiger partial charge in [0.05, 0.1) is 6.61 Å². The molecule has 2 unspecified atom stereocenters. The highest BCUT2D eigenvalue weighted by molar-refractivity contribution is 5.78. The van der Waals surface area contributed by atoms with E-state index < -0.39 is 0 Å². The summed E-state index contributed by atoms with van der Waals surface area (Å²) in [6.07, 6.45) is 7.08. The Kier molecular flexibility index (Phi) is 5.99. The van der Waals surface area contributed by atoms with Gasteiger partial charge in [0.25, 0.3) is 0 Å². The summed E-state index contributed by atoms with van der Waals surface area (Å²) in [7, 11) is 0. The van der Waals surface area contributed by atoms with E-state index in [9.17, 15) is 14.7 Å². The number of hydrogen-bond donors (Lipinski definition) is 1. The van der Waals surface area contributed by atoms with E-state index in [0.717, 1.165) is 43.8 Å². The molecule has 18 heavy (non-hydrogen) atoms. The van der Waals surface area contributed by atoms with E-state index >= 15 is 0 Å². The van der Waals surface area contributed by atoms with Gasteiger partial charge in [0.15, 0.2) is 0 Å². The van der Waals surface area contributed by atoms with Crippen LogP contribution in [0, 0.1) is 11.8 Å². The van der Waals surface area contributed by atoms with Crippen molar-refractivity contribution in [2.24, 2.45) is 11.8 Å². The first kappa shape index (κ1) is 14.8. The molecule has 0 saturated carbocycles. The van der Waals surface area contributed by atoms with Crippen LogP contribution in [0.3, 0.4) is 0 Å². The molecule has 2 atom stereocenters. The lowest BCUT2D eigenvalue weighted by Crippen LogP contribution is -2.17. The van der Waals surface area contributed by atoms with E-state index in [4.69, 9.17) is 0 Å². The van der Waals surface area contributed by atoms with Gasteiger partial charge in [-0.3, -0.25) is 4.79 Å². The lowest BCUT2D eigenvalue weighted by atomic mass is 9.84. The predicted molar refractivity (Wildman–Crippen MR) is 71.1 cm³/mol. The Morgan fingerprint density at radius 1 is 1.44 bits per heavy atom. The van der Waals surface area contributed by atoms with Crippen LogP contribution in [0.4, 0.5) is 0 Å². The Morgan fingerprint density at radius 2 is 2.17 bits per heavy atom. The molecule has 1 aliphatic rings. The molecule has 0 saturated heterocycles. The van der Waals surface area contributed by atoms with Gasteiger partial charge in [0, 0.05) is 5.92 Å². The summed E-state index contributed by atoms with van der Waals surface area (Å²) >= 11 is 0. The normalized spacial score (nSPS) is 20.7. The molecule has 100 valence electrons. The minimum Gasteiger partial charge on any atom is -0.392 e. The highest BCUT2D eigenvalue weighted by Gasteiger charge is 2.30. The zero-order valence-corrected chi connectivity index (χ0v) is 11.2. The Hall–Kier alpha value is -1.22. The Bertz CT molecular complexity index is 362. The van der Waals surface area contributed by atoms with Crippen LogP contribution in [-0.4, -0.2) is 24.3 Å². The van der Waals surface area contributed by atoms with E-state index in [2.05, 4.69) is 6.08 Å². The summed E-state index contributed by atoms with van der Waals surface area (Å²) < 4.78 is 0. The molecule has 0 aromatic carbocycles. The predicted octanol–water partition coefficient (Wildman–Crippen LogP) is 2.45. The number of hydrogen-bond acceptors (Lipinski definition) is 3. The summed E-state index contributed by atoms with van der Waals surface area (Å²) in [5.41, 5.74) is 2.71. The zero-order chi connectivity index (χ0) is 13.5. The van der Waals surface area contributed by atoms with Gasteiger partial charge in [-0.25, -0.2) is 0 Å². The molecule has 1 rings (SSSR count). The average Bonchev–Trinajstić information content (AvgIpc) is 2.76. The first-order chi connectivity index (χ1) is 8.63. The highest BCUT2D eigenvalue weighted by atomic mass is 16.3. The van der Waals surface area contributed by atoms with Gasteiger partial charge in [0.1, 0.15) is 12.6 Å². The smallest absolute Gasteiger partial charge is 0.146 e. The molecule has 3 nitrogen and oxygen atoms in total. The van der Waals surface area contributed by atoms with Crippen LogP contribution in [0.15, 0.2) is 22.8 Å². The standard InChI is InChI=1S/C15H22O3/c1-11(2)4-3-5-12(8-16)14-7-6-13(9-17)15(14)10-18/h4,8,10,12,14,17H,3,5-7,9H2,1-2H3. The number of aliphatic hydroxyl groups excluding tert-OH is 1. The van der Waals surface area contributed by atoms with Crippen molar-refractivity contribution in [3.05, 3.63) is 22.8 Å². The third-order valence-electron chi connectivity index (χ3n) is 3.63. The topological polar surface area (TPSA) is 54.4 Å². The van der Waals surface area contributed by atoms with Crippen molar-refractivity contribution < 1.29 is 14.7 Å². The van der Waals surface area contributed by atoms with Gasteiger partial charge in [-0.05, 0) is 56.6 Å². The van der Waals surface area contributed by atoms with Crippen LogP contribution in [0.25, 0.3) is 0 Å². The van der Waals surface area contributed by atoms with E-state index in [1.807, 2.05) is 13.8 Å². The molecule has 1 aliphatic carbocycles. The summed E-state index contributed by atoms with van der Waals surface area (Å²) in [6, 6.07) is 0. The van der Waals surface area contributed by atoms with Crippen molar-refractivity contribution >= 4 is 12.6 Å².